The predicted molar refractivity (Wildman–Crippen MR) is 321 cm³/mol. The Kier molecular flexibility index (Phi) is 12.2. The average molecular weight is 971 g/mol. The summed E-state index contributed by atoms with van der Waals surface area (Å²) in [5.74, 6) is 0.895. The van der Waals surface area contributed by atoms with Gasteiger partial charge in [0.15, 0.2) is 0 Å². The van der Waals surface area contributed by atoms with Crippen LogP contribution in [0.15, 0.2) is 241 Å². The Morgan fingerprint density at radius 1 is 0.333 bits per heavy atom. The van der Waals surface area contributed by atoms with Crippen molar-refractivity contribution in [2.75, 3.05) is 9.80 Å². The lowest BCUT2D eigenvalue weighted by Crippen LogP contribution is -2.12. The minimum Gasteiger partial charge on any atom is -0.456 e. The second-order valence-corrected chi connectivity index (χ2v) is 21.8. The summed E-state index contributed by atoms with van der Waals surface area (Å²) in [7, 11) is 0. The van der Waals surface area contributed by atoms with Gasteiger partial charge >= 0.3 is 0 Å². The van der Waals surface area contributed by atoms with Crippen LogP contribution in [0.5, 0.6) is 0 Å². The maximum absolute atomic E-state index is 6.89. The summed E-state index contributed by atoms with van der Waals surface area (Å²) in [6.45, 7) is 15.8. The molecule has 12 rings (SSSR count). The molecule has 0 aliphatic rings. The van der Waals surface area contributed by atoms with Gasteiger partial charge in [0.1, 0.15) is 11.2 Å². The third-order valence-corrected chi connectivity index (χ3v) is 15.1. The van der Waals surface area contributed by atoms with Crippen LogP contribution in [0.2, 0.25) is 0 Å². The Balaban J connectivity index is 0.964. The van der Waals surface area contributed by atoms with E-state index in [9.17, 15) is 0 Å². The lowest BCUT2D eigenvalue weighted by atomic mass is 9.86. The molecule has 0 saturated carbocycles. The number of rotatable bonds is 11. The number of anilines is 6. The number of nitrogens with zero attached hydrogens (tertiary/aromatic N) is 2. The van der Waals surface area contributed by atoms with Crippen molar-refractivity contribution in [2.45, 2.75) is 65.7 Å². The molecule has 75 heavy (non-hydrogen) atoms. The number of hydrogen-bond donors (Lipinski definition) is 0. The summed E-state index contributed by atoms with van der Waals surface area (Å²) in [6, 6.07) is 87.1. The van der Waals surface area contributed by atoms with Gasteiger partial charge in [0, 0.05) is 44.6 Å². The maximum Gasteiger partial charge on any atom is 0.136 e. The van der Waals surface area contributed by atoms with Crippen molar-refractivity contribution in [3.63, 3.8) is 0 Å². The zero-order valence-corrected chi connectivity index (χ0v) is 44.0. The van der Waals surface area contributed by atoms with Gasteiger partial charge in [-0.15, -0.1) is 0 Å². The summed E-state index contributed by atoms with van der Waals surface area (Å²) in [6.07, 6.45) is 0. The molecule has 3 nitrogen and oxygen atoms in total. The van der Waals surface area contributed by atoms with Crippen LogP contribution in [0.1, 0.15) is 77.0 Å². The Morgan fingerprint density at radius 3 is 1.29 bits per heavy atom. The molecule has 1 heterocycles. The lowest BCUT2D eigenvalue weighted by molar-refractivity contribution is 0.590. The van der Waals surface area contributed by atoms with Crippen LogP contribution in [-0.2, 0) is 5.41 Å². The zero-order valence-electron chi connectivity index (χ0n) is 44.0. The van der Waals surface area contributed by atoms with E-state index in [2.05, 4.69) is 295 Å². The van der Waals surface area contributed by atoms with Gasteiger partial charge in [-0.3, -0.25) is 0 Å². The molecule has 0 spiro atoms. The fourth-order valence-corrected chi connectivity index (χ4v) is 10.9. The highest BCUT2D eigenvalue weighted by Gasteiger charge is 2.22. The van der Waals surface area contributed by atoms with Crippen molar-refractivity contribution in [3.05, 3.63) is 253 Å². The van der Waals surface area contributed by atoms with Crippen molar-refractivity contribution in [2.24, 2.45) is 0 Å². The first kappa shape index (κ1) is 47.4. The molecule has 1 aromatic heterocycles. The largest absolute Gasteiger partial charge is 0.456 e. The molecule has 0 aliphatic carbocycles. The molecule has 0 radical (unpaired) electrons. The number of furan rings is 1. The summed E-state index contributed by atoms with van der Waals surface area (Å²) in [4.78, 5) is 4.82. The van der Waals surface area contributed by atoms with E-state index < -0.39 is 0 Å². The van der Waals surface area contributed by atoms with Crippen LogP contribution in [0.4, 0.5) is 34.1 Å². The Morgan fingerprint density at radius 2 is 0.773 bits per heavy atom. The molecule has 0 unspecified atom stereocenters. The standard InChI is InChI=1S/C72H62N2O/c1-47(2)49-24-26-52(27-25-49)64-20-12-14-23-69(64)74(61-19-15-18-54(40-61)51-16-9-8-10-17-51)63-39-33-56-44-67-66-43-55-32-38-62(41-57(55)45-70(66)75-71(67)46-58(56)42-63)73(60-36-30-50(31-37-60)48(3)4)68-22-13-11-21-65(68)53-28-34-59(35-29-53)72(5,6)7/h8-48H,1-7H3. The van der Waals surface area contributed by atoms with Crippen molar-refractivity contribution < 1.29 is 4.42 Å². The second kappa shape index (κ2) is 19.3. The van der Waals surface area contributed by atoms with Gasteiger partial charge in [0.05, 0.1) is 11.4 Å². The third-order valence-electron chi connectivity index (χ3n) is 15.1. The lowest BCUT2D eigenvalue weighted by Gasteiger charge is -2.28. The molecule has 0 bridgehead atoms. The van der Waals surface area contributed by atoms with Gasteiger partial charge in [0.25, 0.3) is 0 Å². The first-order valence-electron chi connectivity index (χ1n) is 26.5. The monoisotopic (exact) mass is 970 g/mol. The maximum atomic E-state index is 6.89. The van der Waals surface area contributed by atoms with Crippen LogP contribution < -0.4 is 9.80 Å². The normalized spacial score (nSPS) is 11.9. The first-order valence-corrected chi connectivity index (χ1v) is 26.5. The van der Waals surface area contributed by atoms with Crippen LogP contribution in [0, 0.1) is 0 Å². The molecule has 0 N–H and O–H groups in total. The van der Waals surface area contributed by atoms with Gasteiger partial charge < -0.3 is 14.2 Å². The first-order chi connectivity index (χ1) is 36.4. The molecular formula is C72H62N2O. The number of hydrogen-bond acceptors (Lipinski definition) is 3. The van der Waals surface area contributed by atoms with E-state index in [-0.39, 0.29) is 5.41 Å². The van der Waals surface area contributed by atoms with E-state index in [0.29, 0.717) is 11.8 Å². The summed E-state index contributed by atoms with van der Waals surface area (Å²) in [5, 5.41) is 6.77. The van der Waals surface area contributed by atoms with Crippen molar-refractivity contribution in [1.29, 1.82) is 0 Å². The highest BCUT2D eigenvalue weighted by Crippen LogP contribution is 2.46. The van der Waals surface area contributed by atoms with Crippen LogP contribution in [-0.4, -0.2) is 0 Å². The fourth-order valence-electron chi connectivity index (χ4n) is 10.9. The molecule has 0 fully saturated rings. The minimum absolute atomic E-state index is 0.0724. The Labute approximate surface area is 442 Å². The van der Waals surface area contributed by atoms with E-state index >= 15 is 0 Å². The fraction of sp³-hybridized carbons (Fsp3) is 0.139. The van der Waals surface area contributed by atoms with E-state index in [0.717, 1.165) is 77.6 Å². The van der Waals surface area contributed by atoms with Gasteiger partial charge in [-0.2, -0.15) is 0 Å². The molecule has 11 aromatic carbocycles. The van der Waals surface area contributed by atoms with Crippen molar-refractivity contribution in [1.82, 2.24) is 0 Å². The molecule has 0 aliphatic heterocycles. The predicted octanol–water partition coefficient (Wildman–Crippen LogP) is 21.4. The number of para-hydroxylation sites is 2. The quantitative estimate of drug-likeness (QED) is 0.129. The van der Waals surface area contributed by atoms with Gasteiger partial charge in [-0.05, 0) is 163 Å². The summed E-state index contributed by atoms with van der Waals surface area (Å²) < 4.78 is 6.89. The molecule has 12 aromatic rings. The Bertz CT molecular complexity index is 4030. The highest BCUT2D eigenvalue weighted by molar-refractivity contribution is 6.14. The minimum atomic E-state index is 0.0724. The zero-order chi connectivity index (χ0) is 51.4. The molecule has 3 heteroatoms. The SMILES string of the molecule is CC(C)c1ccc(-c2ccccc2N(c2cccc(-c3ccccc3)c2)c2ccc3cc4c(cc3c2)oc2cc3cc(N(c5ccc(C(C)C)cc5)c5ccccc5-c5ccc(C(C)(C)C)cc5)ccc3cc24)cc1. The van der Waals surface area contributed by atoms with E-state index in [1.165, 1.54) is 50.1 Å². The van der Waals surface area contributed by atoms with Gasteiger partial charge in [-0.25, -0.2) is 0 Å². The third kappa shape index (κ3) is 9.14. The molecule has 0 atom stereocenters. The smallest absolute Gasteiger partial charge is 0.136 e. The van der Waals surface area contributed by atoms with Crippen molar-refractivity contribution in [3.8, 4) is 33.4 Å². The van der Waals surface area contributed by atoms with E-state index in [4.69, 9.17) is 4.42 Å². The number of fused-ring (bicyclic) bond motifs is 5. The van der Waals surface area contributed by atoms with Crippen molar-refractivity contribution >= 4 is 77.6 Å². The molecular weight excluding hydrogens is 909 g/mol. The van der Waals surface area contributed by atoms with E-state index in [1.807, 2.05) is 0 Å². The summed E-state index contributed by atoms with van der Waals surface area (Å²) >= 11 is 0. The second-order valence-electron chi connectivity index (χ2n) is 21.8. The number of benzene rings is 11. The summed E-state index contributed by atoms with van der Waals surface area (Å²) in [5.41, 5.74) is 19.4. The Hall–Kier alpha value is -8.66. The van der Waals surface area contributed by atoms with Crippen LogP contribution >= 0.6 is 0 Å². The molecule has 366 valence electrons. The topological polar surface area (TPSA) is 19.6 Å². The van der Waals surface area contributed by atoms with Gasteiger partial charge in [0.2, 0.25) is 0 Å². The molecule has 0 amide bonds. The van der Waals surface area contributed by atoms with Crippen LogP contribution in [0.25, 0.3) is 76.9 Å². The van der Waals surface area contributed by atoms with E-state index in [1.54, 1.807) is 0 Å². The van der Waals surface area contributed by atoms with Crippen LogP contribution in [0.3, 0.4) is 0 Å². The molecule has 0 saturated heterocycles. The highest BCUT2D eigenvalue weighted by atomic mass is 16.3. The van der Waals surface area contributed by atoms with Gasteiger partial charge in [-0.1, -0.05) is 200 Å². The average Bonchev–Trinajstić information content (AvgIpc) is 3.78.